The number of rotatable bonds is 7. The molecule has 1 saturated heterocycles. The molecule has 6 nitrogen and oxygen atoms in total. The zero-order valence-electron chi connectivity index (χ0n) is 16.8. The van der Waals surface area contributed by atoms with Gasteiger partial charge in [0.05, 0.1) is 10.9 Å². The summed E-state index contributed by atoms with van der Waals surface area (Å²) < 4.78 is 27.6. The first-order chi connectivity index (χ1) is 13.7. The van der Waals surface area contributed by atoms with E-state index in [9.17, 15) is 13.2 Å². The van der Waals surface area contributed by atoms with Gasteiger partial charge in [0.15, 0.2) is 0 Å². The van der Waals surface area contributed by atoms with Crippen molar-refractivity contribution in [3.63, 3.8) is 0 Å². The summed E-state index contributed by atoms with van der Waals surface area (Å²) in [6, 6.07) is 7.58. The molecule has 0 unspecified atom stereocenters. The molecule has 1 aliphatic heterocycles. The van der Waals surface area contributed by atoms with Crippen molar-refractivity contribution in [1.82, 2.24) is 14.1 Å². The number of hydrogen-bond acceptors (Lipinski definition) is 6. The van der Waals surface area contributed by atoms with Crippen LogP contribution in [0.3, 0.4) is 0 Å². The number of piperazine rings is 1. The van der Waals surface area contributed by atoms with E-state index in [1.165, 1.54) is 20.1 Å². The topological polar surface area (TPSA) is 60.9 Å². The van der Waals surface area contributed by atoms with Gasteiger partial charge in [0.25, 0.3) is 10.0 Å². The number of sulfonamides is 1. The molecule has 2 aromatic heterocycles. The molecule has 10 heteroatoms. The lowest BCUT2D eigenvalue weighted by atomic mass is 10.2. The van der Waals surface area contributed by atoms with E-state index in [2.05, 4.69) is 37.8 Å². The largest absolute Gasteiger partial charge is 0.339 e. The molecule has 0 radical (unpaired) electrons. The molecule has 3 heterocycles. The first-order valence-corrected chi connectivity index (χ1v) is 12.9. The molecule has 0 aromatic carbocycles. The summed E-state index contributed by atoms with van der Waals surface area (Å²) in [5, 5.41) is 0. The zero-order chi connectivity index (χ0) is 21.2. The van der Waals surface area contributed by atoms with Crippen LogP contribution in [0, 0.1) is 6.92 Å². The highest BCUT2D eigenvalue weighted by molar-refractivity contribution is 7.91. The van der Waals surface area contributed by atoms with Gasteiger partial charge in [-0.05, 0) is 45.0 Å². The normalized spacial score (nSPS) is 16.1. The van der Waals surface area contributed by atoms with E-state index in [0.717, 1.165) is 17.9 Å². The van der Waals surface area contributed by atoms with E-state index in [1.54, 1.807) is 22.3 Å². The molecule has 160 valence electrons. The highest BCUT2D eigenvalue weighted by Gasteiger charge is 2.31. The van der Waals surface area contributed by atoms with Gasteiger partial charge in [-0.15, -0.1) is 22.7 Å². The lowest BCUT2D eigenvalue weighted by Crippen LogP contribution is -2.52. The number of aryl methyl sites for hydroxylation is 1. The van der Waals surface area contributed by atoms with Crippen molar-refractivity contribution < 1.29 is 13.2 Å². The third-order valence-corrected chi connectivity index (χ3v) is 9.54. The van der Waals surface area contributed by atoms with Crippen LogP contribution in [0.5, 0.6) is 0 Å². The van der Waals surface area contributed by atoms with Crippen molar-refractivity contribution in [2.24, 2.45) is 0 Å². The smallest absolute Gasteiger partial charge is 0.252 e. The molecule has 2 aromatic rings. The second-order valence-corrected chi connectivity index (χ2v) is 12.6. The highest BCUT2D eigenvalue weighted by atomic mass is 35.5. The lowest BCUT2D eigenvalue weighted by molar-refractivity contribution is -0.134. The van der Waals surface area contributed by atoms with Crippen LogP contribution >= 0.6 is 34.3 Å². The highest BCUT2D eigenvalue weighted by Crippen LogP contribution is 2.28. The number of halogens is 1. The van der Waals surface area contributed by atoms with E-state index in [-0.39, 0.29) is 16.2 Å². The summed E-state index contributed by atoms with van der Waals surface area (Å²) in [5.41, 5.74) is 0. The predicted octanol–water partition coefficient (Wildman–Crippen LogP) is 3.51. The van der Waals surface area contributed by atoms with E-state index in [1.807, 2.05) is 0 Å². The minimum Gasteiger partial charge on any atom is -0.339 e. The van der Waals surface area contributed by atoms with Crippen molar-refractivity contribution >= 4 is 50.2 Å². The molecule has 0 bridgehead atoms. The SMILES string of the molecule is Cc1ccc(CN(CC(=O)N2CCN(S(=O)(=O)c3ccc(Cl)s3)CC2)C(C)C)s1. The quantitative estimate of drug-likeness (QED) is 0.614. The molecular weight excluding hydrogens is 450 g/mol. The maximum absolute atomic E-state index is 12.8. The number of amides is 1. The lowest BCUT2D eigenvalue weighted by Gasteiger charge is -2.35. The van der Waals surface area contributed by atoms with Crippen LogP contribution in [0.2, 0.25) is 4.34 Å². The average Bonchev–Trinajstić information content (AvgIpc) is 3.29. The Hall–Kier alpha value is -0.970. The van der Waals surface area contributed by atoms with Gasteiger partial charge >= 0.3 is 0 Å². The average molecular weight is 476 g/mol. The Morgan fingerprint density at radius 1 is 1.14 bits per heavy atom. The van der Waals surface area contributed by atoms with Gasteiger partial charge in [0, 0.05) is 48.5 Å². The monoisotopic (exact) mass is 475 g/mol. The zero-order valence-corrected chi connectivity index (χ0v) is 20.0. The second-order valence-electron chi connectivity index (χ2n) is 7.35. The molecule has 1 amide bonds. The van der Waals surface area contributed by atoms with Crippen LogP contribution in [0.15, 0.2) is 28.5 Å². The number of thiophene rings is 2. The Labute approximate surface area is 185 Å². The number of hydrogen-bond donors (Lipinski definition) is 0. The van der Waals surface area contributed by atoms with Gasteiger partial charge in [-0.25, -0.2) is 8.42 Å². The molecule has 0 atom stereocenters. The van der Waals surface area contributed by atoms with Gasteiger partial charge < -0.3 is 4.90 Å². The first kappa shape index (κ1) is 22.7. The van der Waals surface area contributed by atoms with Crippen molar-refractivity contribution in [1.29, 1.82) is 0 Å². The second kappa shape index (κ2) is 9.45. The minimum atomic E-state index is -3.54. The number of carbonyl (C=O) groups excluding carboxylic acids is 1. The Kier molecular flexibility index (Phi) is 7.40. The fourth-order valence-corrected chi connectivity index (χ4v) is 7.18. The number of carbonyl (C=O) groups is 1. The number of nitrogens with zero attached hydrogens (tertiary/aromatic N) is 3. The molecule has 0 aliphatic carbocycles. The van der Waals surface area contributed by atoms with Crippen LogP contribution in [0.25, 0.3) is 0 Å². The van der Waals surface area contributed by atoms with Crippen molar-refractivity contribution in [2.45, 2.75) is 37.6 Å². The van der Waals surface area contributed by atoms with Gasteiger partial charge in [0.2, 0.25) is 5.91 Å². The van der Waals surface area contributed by atoms with E-state index in [0.29, 0.717) is 37.1 Å². The summed E-state index contributed by atoms with van der Waals surface area (Å²) in [4.78, 5) is 19.3. The first-order valence-electron chi connectivity index (χ1n) is 9.49. The predicted molar refractivity (Wildman–Crippen MR) is 119 cm³/mol. The van der Waals surface area contributed by atoms with Crippen molar-refractivity contribution in [3.8, 4) is 0 Å². The van der Waals surface area contributed by atoms with Crippen molar-refractivity contribution in [2.75, 3.05) is 32.7 Å². The van der Waals surface area contributed by atoms with Crippen LogP contribution < -0.4 is 0 Å². The van der Waals surface area contributed by atoms with Crippen LogP contribution in [-0.2, 0) is 21.4 Å². The Bertz CT molecular complexity index is 947. The molecule has 0 saturated carbocycles. The van der Waals surface area contributed by atoms with E-state index < -0.39 is 10.0 Å². The van der Waals surface area contributed by atoms with Crippen LogP contribution in [0.4, 0.5) is 0 Å². The van der Waals surface area contributed by atoms with Gasteiger partial charge in [0.1, 0.15) is 4.21 Å². The summed E-state index contributed by atoms with van der Waals surface area (Å²) >= 11 is 8.69. The summed E-state index contributed by atoms with van der Waals surface area (Å²) in [5.74, 6) is 0.0446. The summed E-state index contributed by atoms with van der Waals surface area (Å²) in [6.07, 6.45) is 0. The van der Waals surface area contributed by atoms with Gasteiger partial charge in [-0.1, -0.05) is 11.6 Å². The van der Waals surface area contributed by atoms with E-state index >= 15 is 0 Å². The van der Waals surface area contributed by atoms with Crippen LogP contribution in [0.1, 0.15) is 23.6 Å². The summed E-state index contributed by atoms with van der Waals surface area (Å²) in [7, 11) is -3.54. The molecule has 1 aliphatic rings. The fraction of sp³-hybridized carbons (Fsp3) is 0.526. The molecule has 0 spiro atoms. The van der Waals surface area contributed by atoms with Crippen LogP contribution in [-0.4, -0.2) is 67.2 Å². The molecule has 1 fully saturated rings. The molecule has 29 heavy (non-hydrogen) atoms. The molecule has 3 rings (SSSR count). The Morgan fingerprint density at radius 2 is 1.83 bits per heavy atom. The minimum absolute atomic E-state index is 0.0446. The summed E-state index contributed by atoms with van der Waals surface area (Å²) in [6.45, 7) is 8.75. The third kappa shape index (κ3) is 5.59. The maximum atomic E-state index is 12.8. The molecule has 0 N–H and O–H groups in total. The van der Waals surface area contributed by atoms with Crippen molar-refractivity contribution in [3.05, 3.63) is 38.4 Å². The van der Waals surface area contributed by atoms with Gasteiger partial charge in [-0.3, -0.25) is 9.69 Å². The Morgan fingerprint density at radius 3 is 2.34 bits per heavy atom. The standard InChI is InChI=1S/C19H26ClN3O3S3/c1-14(2)22(12-16-5-4-15(3)27-16)13-18(24)21-8-10-23(11-9-21)29(25,26)19-7-6-17(20)28-19/h4-7,14H,8-13H2,1-3H3. The van der Waals surface area contributed by atoms with E-state index in [4.69, 9.17) is 11.6 Å². The van der Waals surface area contributed by atoms with Gasteiger partial charge in [-0.2, -0.15) is 4.31 Å². The maximum Gasteiger partial charge on any atom is 0.252 e. The molecular formula is C19H26ClN3O3S3. The fourth-order valence-electron chi connectivity index (χ4n) is 3.21. The Balaban J connectivity index is 1.57. The third-order valence-electron chi connectivity index (χ3n) is 4.96.